The molecule has 0 spiro atoms. The normalized spacial score (nSPS) is 11.0. The Kier molecular flexibility index (Phi) is 6.93. The lowest BCUT2D eigenvalue weighted by molar-refractivity contribution is -0.116. The minimum atomic E-state index is -3.49. The highest BCUT2D eigenvalue weighted by molar-refractivity contribution is 7.88. The van der Waals surface area contributed by atoms with Gasteiger partial charge >= 0.3 is 0 Å². The Morgan fingerprint density at radius 3 is 2.44 bits per heavy atom. The molecule has 0 saturated heterocycles. The number of nitrogens with one attached hydrogen (secondary N) is 1. The standard InChI is InChI=1S/C19H21N3O4S/c1-26-17-9-7-15(8-10-17)14-22(27(2,24)25)12-11-19(23)21-18-6-4-3-5-16(18)13-20/h3-10H,11-12,14H2,1-2H3,(H,21,23). The van der Waals surface area contributed by atoms with Gasteiger partial charge in [0.1, 0.15) is 11.8 Å². The minimum Gasteiger partial charge on any atom is -0.497 e. The number of amides is 1. The van der Waals surface area contributed by atoms with Gasteiger partial charge in [-0.1, -0.05) is 24.3 Å². The van der Waals surface area contributed by atoms with E-state index in [-0.39, 0.29) is 25.4 Å². The molecule has 0 fully saturated rings. The van der Waals surface area contributed by atoms with Crippen molar-refractivity contribution in [1.29, 1.82) is 5.26 Å². The van der Waals surface area contributed by atoms with Crippen LogP contribution in [0.1, 0.15) is 17.5 Å². The van der Waals surface area contributed by atoms with Gasteiger partial charge in [-0.05, 0) is 29.8 Å². The van der Waals surface area contributed by atoms with Crippen LogP contribution in [-0.2, 0) is 21.4 Å². The van der Waals surface area contributed by atoms with Crippen molar-refractivity contribution < 1.29 is 17.9 Å². The number of methoxy groups -OCH3 is 1. The molecule has 0 atom stereocenters. The first-order chi connectivity index (χ1) is 12.8. The zero-order valence-electron chi connectivity index (χ0n) is 15.2. The number of hydrogen-bond donors (Lipinski definition) is 1. The Morgan fingerprint density at radius 1 is 1.19 bits per heavy atom. The average molecular weight is 387 g/mol. The highest BCUT2D eigenvalue weighted by Crippen LogP contribution is 2.16. The molecule has 0 aliphatic heterocycles. The summed E-state index contributed by atoms with van der Waals surface area (Å²) >= 11 is 0. The highest BCUT2D eigenvalue weighted by atomic mass is 32.2. The van der Waals surface area contributed by atoms with Gasteiger partial charge in [0.05, 0.1) is 24.6 Å². The fourth-order valence-corrected chi connectivity index (χ4v) is 3.23. The molecule has 0 radical (unpaired) electrons. The number of carbonyl (C=O) groups excluding carboxylic acids is 1. The Balaban J connectivity index is 2.01. The van der Waals surface area contributed by atoms with Crippen LogP contribution in [0.25, 0.3) is 0 Å². The molecule has 1 amide bonds. The predicted octanol–water partition coefficient (Wildman–Crippen LogP) is 2.36. The third kappa shape index (κ3) is 6.09. The molecule has 1 N–H and O–H groups in total. The molecule has 2 aromatic carbocycles. The molecule has 0 unspecified atom stereocenters. The molecular formula is C19H21N3O4S. The van der Waals surface area contributed by atoms with Crippen LogP contribution >= 0.6 is 0 Å². The van der Waals surface area contributed by atoms with E-state index in [2.05, 4.69) is 5.32 Å². The summed E-state index contributed by atoms with van der Waals surface area (Å²) in [6.45, 7) is 0.191. The molecule has 2 aromatic rings. The monoisotopic (exact) mass is 387 g/mol. The molecule has 8 heteroatoms. The van der Waals surface area contributed by atoms with Crippen molar-refractivity contribution in [3.63, 3.8) is 0 Å². The van der Waals surface area contributed by atoms with E-state index in [0.29, 0.717) is 17.0 Å². The maximum Gasteiger partial charge on any atom is 0.225 e. The molecule has 0 aliphatic carbocycles. The van der Waals surface area contributed by atoms with Gasteiger partial charge in [-0.2, -0.15) is 9.57 Å². The number of hydrogen-bond acceptors (Lipinski definition) is 5. The Labute approximate surface area is 159 Å². The number of nitrogens with zero attached hydrogens (tertiary/aromatic N) is 2. The first-order valence-corrected chi connectivity index (χ1v) is 10.1. The van der Waals surface area contributed by atoms with E-state index in [1.165, 1.54) is 4.31 Å². The van der Waals surface area contributed by atoms with E-state index in [0.717, 1.165) is 11.8 Å². The summed E-state index contributed by atoms with van der Waals surface area (Å²) in [5, 5.41) is 11.7. The SMILES string of the molecule is COc1ccc(CN(CCC(=O)Nc2ccccc2C#N)S(C)(=O)=O)cc1. The van der Waals surface area contributed by atoms with Crippen LogP contribution in [0.2, 0.25) is 0 Å². The third-order valence-electron chi connectivity index (χ3n) is 3.90. The number of ether oxygens (including phenoxy) is 1. The van der Waals surface area contributed by atoms with Crippen LogP contribution in [0.5, 0.6) is 5.75 Å². The van der Waals surface area contributed by atoms with E-state index in [1.54, 1.807) is 55.6 Å². The lowest BCUT2D eigenvalue weighted by Gasteiger charge is -2.20. The van der Waals surface area contributed by atoms with Crippen LogP contribution in [0.3, 0.4) is 0 Å². The number of rotatable bonds is 8. The van der Waals surface area contributed by atoms with Crippen molar-refractivity contribution in [3.8, 4) is 11.8 Å². The van der Waals surface area contributed by atoms with E-state index < -0.39 is 10.0 Å². The Bertz CT molecular complexity index is 934. The molecule has 142 valence electrons. The van der Waals surface area contributed by atoms with E-state index >= 15 is 0 Å². The van der Waals surface area contributed by atoms with E-state index in [1.807, 2.05) is 6.07 Å². The van der Waals surface area contributed by atoms with Crippen molar-refractivity contribution in [1.82, 2.24) is 4.31 Å². The minimum absolute atomic E-state index is 0.0248. The van der Waals surface area contributed by atoms with Gasteiger partial charge < -0.3 is 10.1 Å². The van der Waals surface area contributed by atoms with Crippen molar-refractivity contribution in [3.05, 3.63) is 59.7 Å². The van der Waals surface area contributed by atoms with E-state index in [4.69, 9.17) is 10.00 Å². The van der Waals surface area contributed by atoms with Gasteiger partial charge in [0.25, 0.3) is 0 Å². The summed E-state index contributed by atoms with van der Waals surface area (Å²) < 4.78 is 30.4. The quantitative estimate of drug-likeness (QED) is 0.749. The largest absolute Gasteiger partial charge is 0.497 e. The highest BCUT2D eigenvalue weighted by Gasteiger charge is 2.18. The molecule has 0 aromatic heterocycles. The maximum atomic E-state index is 12.2. The zero-order chi connectivity index (χ0) is 19.9. The number of para-hydroxylation sites is 1. The fourth-order valence-electron chi connectivity index (χ4n) is 2.43. The molecule has 0 heterocycles. The number of benzene rings is 2. The maximum absolute atomic E-state index is 12.2. The summed E-state index contributed by atoms with van der Waals surface area (Å²) in [5.41, 5.74) is 1.55. The molecular weight excluding hydrogens is 366 g/mol. The predicted molar refractivity (Wildman–Crippen MR) is 103 cm³/mol. The summed E-state index contributed by atoms with van der Waals surface area (Å²) in [6.07, 6.45) is 1.09. The molecule has 0 bridgehead atoms. The second-order valence-corrected chi connectivity index (χ2v) is 7.88. The number of carbonyl (C=O) groups is 1. The van der Waals surface area contributed by atoms with Gasteiger partial charge in [-0.25, -0.2) is 8.42 Å². The van der Waals surface area contributed by atoms with Gasteiger partial charge in [-0.15, -0.1) is 0 Å². The molecule has 7 nitrogen and oxygen atoms in total. The van der Waals surface area contributed by atoms with Crippen molar-refractivity contribution in [2.75, 3.05) is 25.2 Å². The van der Waals surface area contributed by atoms with E-state index in [9.17, 15) is 13.2 Å². The van der Waals surface area contributed by atoms with Crippen LogP contribution < -0.4 is 10.1 Å². The van der Waals surface area contributed by atoms with Crippen molar-refractivity contribution in [2.45, 2.75) is 13.0 Å². The summed E-state index contributed by atoms with van der Waals surface area (Å²) in [6, 6.07) is 15.7. The smallest absolute Gasteiger partial charge is 0.225 e. The van der Waals surface area contributed by atoms with Crippen LogP contribution in [-0.4, -0.2) is 38.5 Å². The Morgan fingerprint density at radius 2 is 1.85 bits per heavy atom. The molecule has 0 saturated carbocycles. The van der Waals surface area contributed by atoms with Gasteiger partial charge in [0, 0.05) is 19.5 Å². The lowest BCUT2D eigenvalue weighted by atomic mass is 10.2. The zero-order valence-corrected chi connectivity index (χ0v) is 16.0. The molecule has 0 aliphatic rings. The summed E-state index contributed by atoms with van der Waals surface area (Å²) in [4.78, 5) is 12.2. The first-order valence-electron chi connectivity index (χ1n) is 8.20. The van der Waals surface area contributed by atoms with Crippen LogP contribution in [0.4, 0.5) is 5.69 Å². The molecule has 2 rings (SSSR count). The molecule has 27 heavy (non-hydrogen) atoms. The van der Waals surface area contributed by atoms with Gasteiger partial charge in [0.15, 0.2) is 0 Å². The topological polar surface area (TPSA) is 99.5 Å². The lowest BCUT2D eigenvalue weighted by Crippen LogP contribution is -2.32. The first kappa shape index (κ1) is 20.4. The second kappa shape index (κ2) is 9.16. The van der Waals surface area contributed by atoms with Gasteiger partial charge in [-0.3, -0.25) is 4.79 Å². The van der Waals surface area contributed by atoms with Crippen molar-refractivity contribution in [2.24, 2.45) is 0 Å². The second-order valence-electron chi connectivity index (χ2n) is 5.90. The summed E-state index contributed by atoms with van der Waals surface area (Å²) in [5.74, 6) is 0.321. The van der Waals surface area contributed by atoms with Crippen LogP contribution in [0.15, 0.2) is 48.5 Å². The van der Waals surface area contributed by atoms with Crippen LogP contribution in [0, 0.1) is 11.3 Å². The third-order valence-corrected chi connectivity index (χ3v) is 5.15. The Hall–Kier alpha value is -2.89. The fraction of sp³-hybridized carbons (Fsp3) is 0.263. The van der Waals surface area contributed by atoms with Crippen molar-refractivity contribution >= 4 is 21.6 Å². The number of anilines is 1. The average Bonchev–Trinajstić information content (AvgIpc) is 2.65. The van der Waals surface area contributed by atoms with Gasteiger partial charge in [0.2, 0.25) is 15.9 Å². The summed E-state index contributed by atoms with van der Waals surface area (Å²) in [7, 11) is -1.93. The number of sulfonamides is 1. The number of nitriles is 1.